The summed E-state index contributed by atoms with van der Waals surface area (Å²) in [6.07, 6.45) is 5.03. The number of carbonyl (C=O) groups is 2. The molecule has 1 aromatic rings. The lowest BCUT2D eigenvalue weighted by molar-refractivity contribution is -0.131. The van der Waals surface area contributed by atoms with Crippen LogP contribution in [0.4, 0.5) is 0 Å². The van der Waals surface area contributed by atoms with Crippen LogP contribution in [0, 0.1) is 12.3 Å². The zero-order chi connectivity index (χ0) is 20.4. The van der Waals surface area contributed by atoms with Gasteiger partial charge in [-0.05, 0) is 43.6 Å². The zero-order valence-corrected chi connectivity index (χ0v) is 16.7. The zero-order valence-electron chi connectivity index (χ0n) is 16.7. The van der Waals surface area contributed by atoms with Crippen molar-refractivity contribution in [3.63, 3.8) is 0 Å². The normalized spacial score (nSPS) is 23.2. The molecule has 1 atom stereocenters. The number of aliphatic carboxylic acids is 1. The predicted octanol–water partition coefficient (Wildman–Crippen LogP) is 4.17. The van der Waals surface area contributed by atoms with Gasteiger partial charge in [0.25, 0.3) is 0 Å². The topological polar surface area (TPSA) is 74.6 Å². The first-order chi connectivity index (χ1) is 12.5. The highest BCUT2D eigenvalue weighted by atomic mass is 16.4. The molecule has 0 saturated carbocycles. The van der Waals surface area contributed by atoms with Gasteiger partial charge < -0.3 is 10.2 Å². The fourth-order valence-corrected chi connectivity index (χ4v) is 3.69. The van der Waals surface area contributed by atoms with E-state index in [-0.39, 0.29) is 12.2 Å². The van der Waals surface area contributed by atoms with Gasteiger partial charge >= 0.3 is 5.97 Å². The molecule has 0 radical (unpaired) electrons. The van der Waals surface area contributed by atoms with Crippen molar-refractivity contribution in [3.05, 3.63) is 70.3 Å². The summed E-state index contributed by atoms with van der Waals surface area (Å²) in [5.74, 6) is -0.982. The van der Waals surface area contributed by atoms with Crippen LogP contribution in [0.2, 0.25) is 0 Å². The van der Waals surface area contributed by atoms with E-state index in [4.69, 9.17) is 5.11 Å². The highest BCUT2D eigenvalue weighted by molar-refractivity contribution is 5.98. The standard InChI is InChI=1S/C23H28O4/c1-15-7-6-8-18(11-15)13-19-17(3)23(27,22(4,5)14-20(19)24)10-9-16(2)12-21(25)26/h6-12,27H,13-14H2,1-5H3,(H,25,26)/t23-/m1/s1. The van der Waals surface area contributed by atoms with Crippen molar-refractivity contribution >= 4 is 11.8 Å². The number of ketones is 1. The first kappa shape index (κ1) is 20.8. The monoisotopic (exact) mass is 368 g/mol. The Morgan fingerprint density at radius 1 is 1.26 bits per heavy atom. The Morgan fingerprint density at radius 2 is 1.93 bits per heavy atom. The Bertz CT molecular complexity index is 855. The maximum absolute atomic E-state index is 12.8. The first-order valence-corrected chi connectivity index (χ1v) is 9.08. The van der Waals surface area contributed by atoms with Crippen molar-refractivity contribution in [2.75, 3.05) is 0 Å². The van der Waals surface area contributed by atoms with Gasteiger partial charge in [-0.3, -0.25) is 4.79 Å². The summed E-state index contributed by atoms with van der Waals surface area (Å²) in [5, 5.41) is 20.4. The molecule has 1 aliphatic carbocycles. The average Bonchev–Trinajstić information content (AvgIpc) is 2.54. The lowest BCUT2D eigenvalue weighted by Crippen LogP contribution is -2.49. The third-order valence-electron chi connectivity index (χ3n) is 5.40. The Kier molecular flexibility index (Phi) is 5.91. The number of carbonyl (C=O) groups excluding carboxylic acids is 1. The third kappa shape index (κ3) is 4.45. The largest absolute Gasteiger partial charge is 0.478 e. The Labute approximate surface area is 160 Å². The van der Waals surface area contributed by atoms with E-state index in [1.54, 1.807) is 26.0 Å². The van der Waals surface area contributed by atoms with Crippen molar-refractivity contribution in [1.29, 1.82) is 0 Å². The maximum atomic E-state index is 12.8. The number of aliphatic hydroxyl groups is 1. The summed E-state index contributed by atoms with van der Waals surface area (Å²) in [5.41, 5.74) is 1.93. The Morgan fingerprint density at radius 3 is 2.52 bits per heavy atom. The summed E-state index contributed by atoms with van der Waals surface area (Å²) in [4.78, 5) is 23.6. The van der Waals surface area contributed by atoms with Crippen LogP contribution in [0.1, 0.15) is 45.2 Å². The van der Waals surface area contributed by atoms with Crippen LogP contribution in [0.15, 0.2) is 59.2 Å². The van der Waals surface area contributed by atoms with Crippen LogP contribution in [0.5, 0.6) is 0 Å². The number of hydrogen-bond acceptors (Lipinski definition) is 3. The van der Waals surface area contributed by atoms with Crippen molar-refractivity contribution in [3.8, 4) is 0 Å². The van der Waals surface area contributed by atoms with Gasteiger partial charge in [-0.25, -0.2) is 4.79 Å². The summed E-state index contributed by atoms with van der Waals surface area (Å²) in [6.45, 7) is 9.19. The van der Waals surface area contributed by atoms with Gasteiger partial charge in [-0.15, -0.1) is 0 Å². The van der Waals surface area contributed by atoms with E-state index < -0.39 is 17.0 Å². The van der Waals surface area contributed by atoms with E-state index >= 15 is 0 Å². The molecule has 0 amide bonds. The first-order valence-electron chi connectivity index (χ1n) is 9.08. The van der Waals surface area contributed by atoms with Crippen molar-refractivity contribution in [2.45, 2.75) is 53.1 Å². The number of hydrogen-bond donors (Lipinski definition) is 2. The predicted molar refractivity (Wildman–Crippen MR) is 106 cm³/mol. The number of benzene rings is 1. The molecule has 144 valence electrons. The number of carboxylic acid groups (broad SMARTS) is 1. The fourth-order valence-electron chi connectivity index (χ4n) is 3.69. The molecule has 0 aromatic heterocycles. The van der Waals surface area contributed by atoms with Crippen LogP contribution in [0.3, 0.4) is 0 Å². The fraction of sp³-hybridized carbons (Fsp3) is 0.391. The Hall–Kier alpha value is -2.46. The molecule has 1 aromatic carbocycles. The maximum Gasteiger partial charge on any atom is 0.328 e. The van der Waals surface area contributed by atoms with Crippen LogP contribution in [-0.2, 0) is 16.0 Å². The minimum Gasteiger partial charge on any atom is -0.478 e. The van der Waals surface area contributed by atoms with E-state index in [0.29, 0.717) is 23.1 Å². The van der Waals surface area contributed by atoms with Gasteiger partial charge in [-0.2, -0.15) is 0 Å². The Balaban J connectivity index is 2.50. The molecule has 0 bridgehead atoms. The smallest absolute Gasteiger partial charge is 0.328 e. The highest BCUT2D eigenvalue weighted by Crippen LogP contribution is 2.47. The van der Waals surface area contributed by atoms with Gasteiger partial charge in [0, 0.05) is 29.9 Å². The van der Waals surface area contributed by atoms with Gasteiger partial charge in [0.1, 0.15) is 5.60 Å². The van der Waals surface area contributed by atoms with Gasteiger partial charge in [-0.1, -0.05) is 49.8 Å². The summed E-state index contributed by atoms with van der Waals surface area (Å²) in [6, 6.07) is 7.99. The van der Waals surface area contributed by atoms with Crippen molar-refractivity contribution in [2.24, 2.45) is 5.41 Å². The van der Waals surface area contributed by atoms with Gasteiger partial charge in [0.2, 0.25) is 0 Å². The molecular formula is C23H28O4. The highest BCUT2D eigenvalue weighted by Gasteiger charge is 2.49. The summed E-state index contributed by atoms with van der Waals surface area (Å²) >= 11 is 0. The number of aryl methyl sites for hydroxylation is 1. The number of carboxylic acids is 1. The van der Waals surface area contributed by atoms with Crippen LogP contribution in [-0.4, -0.2) is 27.6 Å². The lowest BCUT2D eigenvalue weighted by atomic mass is 9.62. The van der Waals surface area contributed by atoms with Crippen molar-refractivity contribution < 1.29 is 19.8 Å². The molecule has 2 N–H and O–H groups in total. The molecule has 4 nitrogen and oxygen atoms in total. The molecule has 0 fully saturated rings. The van der Waals surface area contributed by atoms with E-state index in [9.17, 15) is 14.7 Å². The molecule has 0 aliphatic heterocycles. The van der Waals surface area contributed by atoms with Gasteiger partial charge in [0.05, 0.1) is 0 Å². The van der Waals surface area contributed by atoms with E-state index in [0.717, 1.165) is 17.2 Å². The molecular weight excluding hydrogens is 340 g/mol. The van der Waals surface area contributed by atoms with E-state index in [1.165, 1.54) is 0 Å². The van der Waals surface area contributed by atoms with Crippen LogP contribution in [0.25, 0.3) is 0 Å². The molecule has 1 aliphatic rings. The minimum absolute atomic E-state index is 0.0508. The van der Waals surface area contributed by atoms with E-state index in [1.807, 2.05) is 45.0 Å². The van der Waals surface area contributed by atoms with Crippen LogP contribution >= 0.6 is 0 Å². The number of Topliss-reactive ketones (excluding diaryl/α,β-unsaturated/α-hetero) is 1. The lowest BCUT2D eigenvalue weighted by Gasteiger charge is -2.46. The van der Waals surface area contributed by atoms with E-state index in [2.05, 4.69) is 0 Å². The SMILES string of the molecule is CC(C=C[C@@]1(O)C(C)=C(Cc2cccc(C)c2)C(=O)CC1(C)C)=CC(=O)O. The molecule has 0 heterocycles. The number of rotatable bonds is 5. The van der Waals surface area contributed by atoms with Crippen LogP contribution < -0.4 is 0 Å². The second-order valence-electron chi connectivity index (χ2n) is 8.08. The summed E-state index contributed by atoms with van der Waals surface area (Å²) in [7, 11) is 0. The second kappa shape index (κ2) is 7.65. The molecule has 2 rings (SSSR count). The average molecular weight is 368 g/mol. The summed E-state index contributed by atoms with van der Waals surface area (Å²) < 4.78 is 0. The molecule has 27 heavy (non-hydrogen) atoms. The molecule has 0 saturated heterocycles. The second-order valence-corrected chi connectivity index (χ2v) is 8.08. The molecule has 0 unspecified atom stereocenters. The molecule has 4 heteroatoms. The molecule has 0 spiro atoms. The third-order valence-corrected chi connectivity index (χ3v) is 5.40. The van der Waals surface area contributed by atoms with Crippen molar-refractivity contribution in [1.82, 2.24) is 0 Å². The van der Waals surface area contributed by atoms with Gasteiger partial charge in [0.15, 0.2) is 5.78 Å². The number of allylic oxidation sites excluding steroid dienone is 3. The minimum atomic E-state index is -1.33. The quantitative estimate of drug-likeness (QED) is 0.604.